The van der Waals surface area contributed by atoms with E-state index in [1.807, 2.05) is 6.92 Å². The van der Waals surface area contributed by atoms with Gasteiger partial charge < -0.3 is 10.1 Å². The van der Waals surface area contributed by atoms with E-state index in [0.717, 1.165) is 6.42 Å². The average Bonchev–Trinajstić information content (AvgIpc) is 3.14. The fourth-order valence-corrected chi connectivity index (χ4v) is 1.96. The Hall–Kier alpha value is -1.83. The van der Waals surface area contributed by atoms with Crippen molar-refractivity contribution in [3.8, 4) is 0 Å². The molecule has 1 aromatic rings. The van der Waals surface area contributed by atoms with Crippen LogP contribution in [-0.2, 0) is 20.5 Å². The summed E-state index contributed by atoms with van der Waals surface area (Å²) in [6, 6.07) is 0.655. The van der Waals surface area contributed by atoms with E-state index in [9.17, 15) is 22.8 Å². The summed E-state index contributed by atoms with van der Waals surface area (Å²) in [5, 5.41) is 1.83. The van der Waals surface area contributed by atoms with E-state index in [1.54, 1.807) is 0 Å². The van der Waals surface area contributed by atoms with Crippen LogP contribution in [0.3, 0.4) is 0 Å². The second-order valence-electron chi connectivity index (χ2n) is 5.03. The Morgan fingerprint density at radius 1 is 1.50 bits per heavy atom. The maximum Gasteiger partial charge on any atom is 0.417 e. The SMILES string of the molecule is C[C@H]1C[C@@H]1C(=O)OCC(=O)Nc1ncc(C(F)(F)F)cc1Cl. The molecule has 1 aromatic heterocycles. The number of esters is 1. The third-order valence-electron chi connectivity index (χ3n) is 3.18. The zero-order valence-corrected chi connectivity index (χ0v) is 12.2. The van der Waals surface area contributed by atoms with Crippen LogP contribution in [-0.4, -0.2) is 23.5 Å². The summed E-state index contributed by atoms with van der Waals surface area (Å²) < 4.78 is 42.1. The van der Waals surface area contributed by atoms with Crippen molar-refractivity contribution in [1.82, 2.24) is 4.98 Å². The highest BCUT2D eigenvalue weighted by atomic mass is 35.5. The molecule has 22 heavy (non-hydrogen) atoms. The minimum absolute atomic E-state index is 0.180. The number of amides is 1. The zero-order valence-electron chi connectivity index (χ0n) is 11.4. The first-order chi connectivity index (χ1) is 10.2. The van der Waals surface area contributed by atoms with Crippen LogP contribution in [0.25, 0.3) is 0 Å². The predicted octanol–water partition coefficient (Wildman–Crippen LogP) is 2.89. The van der Waals surface area contributed by atoms with Gasteiger partial charge in [0, 0.05) is 6.20 Å². The minimum Gasteiger partial charge on any atom is -0.455 e. The summed E-state index contributed by atoms with van der Waals surface area (Å²) in [5.74, 6) is -1.34. The van der Waals surface area contributed by atoms with Gasteiger partial charge in [0.15, 0.2) is 12.4 Å². The van der Waals surface area contributed by atoms with Crippen LogP contribution in [0.5, 0.6) is 0 Å². The number of halogens is 4. The summed E-state index contributed by atoms with van der Waals surface area (Å²) in [5.41, 5.74) is -1.02. The van der Waals surface area contributed by atoms with Gasteiger partial charge in [0.25, 0.3) is 5.91 Å². The van der Waals surface area contributed by atoms with Crippen LogP contribution in [0.1, 0.15) is 18.9 Å². The van der Waals surface area contributed by atoms with E-state index in [-0.39, 0.29) is 22.7 Å². The molecular formula is C13H12ClF3N2O3. The molecule has 0 radical (unpaired) electrons. The van der Waals surface area contributed by atoms with Gasteiger partial charge in [-0.1, -0.05) is 18.5 Å². The lowest BCUT2D eigenvalue weighted by molar-refractivity contribution is -0.148. The monoisotopic (exact) mass is 336 g/mol. The van der Waals surface area contributed by atoms with E-state index in [4.69, 9.17) is 16.3 Å². The Kier molecular flexibility index (Phi) is 4.60. The van der Waals surface area contributed by atoms with Gasteiger partial charge in [-0.2, -0.15) is 13.2 Å². The molecule has 1 fully saturated rings. The van der Waals surface area contributed by atoms with Crippen molar-refractivity contribution in [2.24, 2.45) is 11.8 Å². The van der Waals surface area contributed by atoms with Crippen LogP contribution in [0.2, 0.25) is 5.02 Å². The fraction of sp³-hybridized carbons (Fsp3) is 0.462. The Balaban J connectivity index is 1.90. The first kappa shape index (κ1) is 16.5. The molecule has 5 nitrogen and oxygen atoms in total. The van der Waals surface area contributed by atoms with E-state index < -0.39 is 30.2 Å². The summed E-state index contributed by atoms with van der Waals surface area (Å²) in [4.78, 5) is 26.4. The van der Waals surface area contributed by atoms with E-state index in [1.165, 1.54) is 0 Å². The van der Waals surface area contributed by atoms with Gasteiger partial charge in [0.1, 0.15) is 0 Å². The molecule has 0 saturated heterocycles. The van der Waals surface area contributed by atoms with Gasteiger partial charge in [-0.3, -0.25) is 9.59 Å². The van der Waals surface area contributed by atoms with Gasteiger partial charge in [0.05, 0.1) is 16.5 Å². The van der Waals surface area contributed by atoms with Gasteiger partial charge in [-0.25, -0.2) is 4.98 Å². The first-order valence-corrected chi connectivity index (χ1v) is 6.75. The molecule has 0 bridgehead atoms. The molecule has 1 saturated carbocycles. The van der Waals surface area contributed by atoms with Crippen LogP contribution < -0.4 is 5.32 Å². The lowest BCUT2D eigenvalue weighted by atomic mass is 10.3. The Bertz CT molecular complexity index is 607. The number of hydrogen-bond donors (Lipinski definition) is 1. The molecule has 1 aliphatic carbocycles. The van der Waals surface area contributed by atoms with Crippen LogP contribution in [0, 0.1) is 11.8 Å². The third-order valence-corrected chi connectivity index (χ3v) is 3.47. The van der Waals surface area contributed by atoms with Crippen molar-refractivity contribution in [2.75, 3.05) is 11.9 Å². The molecule has 1 heterocycles. The second kappa shape index (κ2) is 6.12. The highest BCUT2D eigenvalue weighted by molar-refractivity contribution is 6.33. The van der Waals surface area contributed by atoms with Gasteiger partial charge in [-0.05, 0) is 18.4 Å². The Morgan fingerprint density at radius 2 is 2.14 bits per heavy atom. The lowest BCUT2D eigenvalue weighted by Gasteiger charge is -2.10. The lowest BCUT2D eigenvalue weighted by Crippen LogP contribution is -2.22. The van der Waals surface area contributed by atoms with Crippen LogP contribution in [0.15, 0.2) is 12.3 Å². The standard InChI is InChI=1S/C13H12ClF3N2O3/c1-6-2-8(6)12(21)22-5-10(20)19-11-9(14)3-7(4-18-11)13(15,16)17/h3-4,6,8H,2,5H2,1H3,(H,18,19,20)/t6-,8-/m0/s1. The maximum atomic E-state index is 12.4. The summed E-state index contributed by atoms with van der Waals surface area (Å²) in [6.45, 7) is 1.35. The molecule has 2 rings (SSSR count). The Morgan fingerprint density at radius 3 is 2.64 bits per heavy atom. The number of nitrogens with one attached hydrogen (secondary N) is 1. The maximum absolute atomic E-state index is 12.4. The third kappa shape index (κ3) is 4.09. The molecule has 1 aliphatic rings. The molecule has 120 valence electrons. The molecule has 9 heteroatoms. The fourth-order valence-electron chi connectivity index (χ4n) is 1.75. The van der Waals surface area contributed by atoms with Crippen molar-refractivity contribution < 1.29 is 27.5 Å². The number of carbonyl (C=O) groups excluding carboxylic acids is 2. The summed E-state index contributed by atoms with van der Waals surface area (Å²) >= 11 is 5.64. The molecule has 1 N–H and O–H groups in total. The number of pyridine rings is 1. The van der Waals surface area contributed by atoms with Gasteiger partial charge in [-0.15, -0.1) is 0 Å². The number of carbonyl (C=O) groups is 2. The summed E-state index contributed by atoms with van der Waals surface area (Å²) in [7, 11) is 0. The first-order valence-electron chi connectivity index (χ1n) is 6.37. The number of alkyl halides is 3. The molecule has 0 aliphatic heterocycles. The van der Waals surface area contributed by atoms with Crippen molar-refractivity contribution >= 4 is 29.3 Å². The van der Waals surface area contributed by atoms with Gasteiger partial charge >= 0.3 is 12.1 Å². The summed E-state index contributed by atoms with van der Waals surface area (Å²) in [6.07, 6.45) is -3.29. The quantitative estimate of drug-likeness (QED) is 0.858. The second-order valence-corrected chi connectivity index (χ2v) is 5.43. The van der Waals surface area contributed by atoms with Crippen molar-refractivity contribution in [2.45, 2.75) is 19.5 Å². The molecular weight excluding hydrogens is 325 g/mol. The molecule has 2 atom stereocenters. The van der Waals surface area contributed by atoms with Crippen molar-refractivity contribution in [3.05, 3.63) is 22.8 Å². The normalized spacial score (nSPS) is 20.4. The van der Waals surface area contributed by atoms with Crippen LogP contribution in [0.4, 0.5) is 19.0 Å². The van der Waals surface area contributed by atoms with E-state index in [2.05, 4.69) is 10.3 Å². The topological polar surface area (TPSA) is 68.3 Å². The highest BCUT2D eigenvalue weighted by Gasteiger charge is 2.40. The van der Waals surface area contributed by atoms with Crippen LogP contribution >= 0.6 is 11.6 Å². The van der Waals surface area contributed by atoms with Crippen molar-refractivity contribution in [1.29, 1.82) is 0 Å². The number of nitrogens with zero attached hydrogens (tertiary/aromatic N) is 1. The highest BCUT2D eigenvalue weighted by Crippen LogP contribution is 2.38. The van der Waals surface area contributed by atoms with Crippen molar-refractivity contribution in [3.63, 3.8) is 0 Å². The Labute approximate surface area is 128 Å². The molecule has 1 amide bonds. The zero-order chi connectivity index (χ0) is 16.5. The number of rotatable bonds is 4. The van der Waals surface area contributed by atoms with E-state index >= 15 is 0 Å². The minimum atomic E-state index is -4.57. The predicted molar refractivity (Wildman–Crippen MR) is 71.1 cm³/mol. The van der Waals surface area contributed by atoms with Gasteiger partial charge in [0.2, 0.25) is 0 Å². The molecule has 0 aromatic carbocycles. The average molecular weight is 337 g/mol. The number of ether oxygens (including phenoxy) is 1. The largest absolute Gasteiger partial charge is 0.455 e. The smallest absolute Gasteiger partial charge is 0.417 e. The molecule has 0 spiro atoms. The molecule has 0 unspecified atom stereocenters. The number of hydrogen-bond acceptors (Lipinski definition) is 4. The number of aromatic nitrogens is 1. The number of anilines is 1. The van der Waals surface area contributed by atoms with E-state index in [0.29, 0.717) is 12.3 Å².